The molecule has 0 saturated carbocycles. The van der Waals surface area contributed by atoms with Gasteiger partial charge in [0.25, 0.3) is 0 Å². The molecule has 1 unspecified atom stereocenters. The lowest BCUT2D eigenvalue weighted by Crippen LogP contribution is -2.30. The minimum absolute atomic E-state index is 0.125. The number of rotatable bonds is 47. The van der Waals surface area contributed by atoms with Crippen molar-refractivity contribution in [2.75, 3.05) is 13.2 Å². The van der Waals surface area contributed by atoms with E-state index in [1.165, 1.54) is 77.0 Å². The maximum Gasteiger partial charge on any atom is 0.306 e. The van der Waals surface area contributed by atoms with Crippen LogP contribution in [0.25, 0.3) is 0 Å². The Kier molecular flexibility index (Phi) is 52.1. The third kappa shape index (κ3) is 54.1. The molecule has 0 N–H and O–H groups in total. The van der Waals surface area contributed by atoms with Gasteiger partial charge in [-0.3, -0.25) is 14.4 Å². The molecule has 0 bridgehead atoms. The second kappa shape index (κ2) is 55.9. The minimum atomic E-state index is -0.829. The van der Waals surface area contributed by atoms with E-state index in [4.69, 9.17) is 14.2 Å². The van der Waals surface area contributed by atoms with E-state index in [2.05, 4.69) is 112 Å². The molecule has 0 aliphatic carbocycles. The first-order valence-electron chi connectivity index (χ1n) is 27.4. The normalized spacial score (nSPS) is 13.3. The Morgan fingerprint density at radius 2 is 0.652 bits per heavy atom. The molecule has 386 valence electrons. The van der Waals surface area contributed by atoms with Crippen LogP contribution < -0.4 is 0 Å². The van der Waals surface area contributed by atoms with Crippen LogP contribution in [-0.4, -0.2) is 37.2 Å². The van der Waals surface area contributed by atoms with Crippen molar-refractivity contribution in [1.82, 2.24) is 0 Å². The molecular weight excluding hydrogens is 853 g/mol. The maximum atomic E-state index is 12.8. The lowest BCUT2D eigenvalue weighted by molar-refractivity contribution is -0.167. The van der Waals surface area contributed by atoms with Crippen molar-refractivity contribution in [1.29, 1.82) is 0 Å². The molecule has 6 heteroatoms. The number of allylic oxidation sites excluding steroid dienone is 24. The third-order valence-corrected chi connectivity index (χ3v) is 11.0. The maximum absolute atomic E-state index is 12.8. The zero-order valence-corrected chi connectivity index (χ0v) is 44.0. The second-order valence-electron chi connectivity index (χ2n) is 17.5. The van der Waals surface area contributed by atoms with Crippen molar-refractivity contribution in [3.05, 3.63) is 146 Å². The highest BCUT2D eigenvalue weighted by Crippen LogP contribution is 2.14. The van der Waals surface area contributed by atoms with Gasteiger partial charge in [-0.05, 0) is 103 Å². The van der Waals surface area contributed by atoms with Gasteiger partial charge in [-0.15, -0.1) is 0 Å². The summed E-state index contributed by atoms with van der Waals surface area (Å²) in [6.07, 6.45) is 79.8. The van der Waals surface area contributed by atoms with Gasteiger partial charge in [-0.25, -0.2) is 0 Å². The summed E-state index contributed by atoms with van der Waals surface area (Å²) in [6.45, 7) is 6.24. The summed E-state index contributed by atoms with van der Waals surface area (Å²) in [4.78, 5) is 38.1. The highest BCUT2D eigenvalue weighted by molar-refractivity contribution is 5.71. The van der Waals surface area contributed by atoms with E-state index in [0.29, 0.717) is 19.3 Å². The molecule has 0 aliphatic rings. The van der Waals surface area contributed by atoms with Crippen LogP contribution in [-0.2, 0) is 28.6 Å². The Labute approximate surface area is 423 Å². The molecule has 69 heavy (non-hydrogen) atoms. The number of hydrogen-bond donors (Lipinski definition) is 0. The molecule has 0 saturated heterocycles. The zero-order chi connectivity index (χ0) is 50.0. The van der Waals surface area contributed by atoms with Crippen LogP contribution in [0.1, 0.15) is 213 Å². The largest absolute Gasteiger partial charge is 0.462 e. The summed E-state index contributed by atoms with van der Waals surface area (Å²) >= 11 is 0. The fourth-order valence-electron chi connectivity index (χ4n) is 6.90. The van der Waals surface area contributed by atoms with Crippen LogP contribution in [0.5, 0.6) is 0 Å². The second-order valence-corrected chi connectivity index (χ2v) is 17.5. The van der Waals surface area contributed by atoms with Crippen LogP contribution >= 0.6 is 0 Å². The number of esters is 3. The van der Waals surface area contributed by atoms with Crippen molar-refractivity contribution in [3.63, 3.8) is 0 Å². The van der Waals surface area contributed by atoms with Crippen molar-refractivity contribution < 1.29 is 28.6 Å². The predicted molar refractivity (Wildman–Crippen MR) is 297 cm³/mol. The van der Waals surface area contributed by atoms with Crippen molar-refractivity contribution in [2.24, 2.45) is 0 Å². The molecule has 0 rings (SSSR count). The fourth-order valence-corrected chi connectivity index (χ4v) is 6.90. The standard InChI is InChI=1S/C63H98O6/c1-4-7-10-13-16-19-22-25-27-29-31-33-35-38-41-44-47-50-53-56-62(65)68-59-60(58-67-61(64)55-52-49-46-43-40-37-24-21-18-15-12-9-6-3)69-63(66)57-54-51-48-45-42-39-36-34-32-30-28-26-23-20-17-14-11-8-5-2/h7,9-10,12,15-21,23-27,31,33,37-38,40-41,43,46,60H,4-6,8,11,13-14,22,28-30,32,34-36,39,42,44-45,47-59H2,1-3H3/b10-7-,12-9-,18-15-,19-16-,20-17-,24-21-,26-23-,27-25-,33-31-,40-37-,41-38-,46-43-. The number of carbonyl (C=O) groups excluding carboxylic acids is 3. The van der Waals surface area contributed by atoms with Gasteiger partial charge in [0.15, 0.2) is 6.10 Å². The third-order valence-electron chi connectivity index (χ3n) is 11.0. The molecular formula is C63H98O6. The average Bonchev–Trinajstić information content (AvgIpc) is 3.35. The van der Waals surface area contributed by atoms with E-state index in [0.717, 1.165) is 89.9 Å². The van der Waals surface area contributed by atoms with E-state index in [1.54, 1.807) is 0 Å². The van der Waals surface area contributed by atoms with Crippen molar-refractivity contribution in [2.45, 2.75) is 219 Å². The SMILES string of the molecule is CC\C=C/C=C\C=C/C=C\C=C/CCCC(=O)OCC(COC(=O)CCCCC/C=C\C/C=C\C/C=C\C/C=C\C/C=C\CC)OC(=O)CCCCCCCCCCCC/C=C\C=C/CCCCC. The molecule has 0 aliphatic heterocycles. The van der Waals surface area contributed by atoms with Crippen LogP contribution in [0, 0.1) is 0 Å². The average molecular weight is 951 g/mol. The first-order valence-corrected chi connectivity index (χ1v) is 27.4. The molecule has 0 amide bonds. The Morgan fingerprint density at radius 1 is 0.319 bits per heavy atom. The number of ether oxygens (including phenoxy) is 3. The van der Waals surface area contributed by atoms with Crippen LogP contribution in [0.3, 0.4) is 0 Å². The quantitative estimate of drug-likeness (QED) is 0.0199. The highest BCUT2D eigenvalue weighted by atomic mass is 16.6. The van der Waals surface area contributed by atoms with E-state index >= 15 is 0 Å². The van der Waals surface area contributed by atoms with Crippen molar-refractivity contribution in [3.8, 4) is 0 Å². The first kappa shape index (κ1) is 64.3. The van der Waals surface area contributed by atoms with E-state index in [1.807, 2.05) is 54.7 Å². The van der Waals surface area contributed by atoms with Gasteiger partial charge >= 0.3 is 17.9 Å². The molecule has 0 aromatic rings. The van der Waals surface area contributed by atoms with E-state index < -0.39 is 6.10 Å². The van der Waals surface area contributed by atoms with E-state index in [-0.39, 0.29) is 37.5 Å². The number of unbranched alkanes of at least 4 members (excludes halogenated alkanes) is 17. The topological polar surface area (TPSA) is 78.9 Å². The Morgan fingerprint density at radius 3 is 1.14 bits per heavy atom. The monoisotopic (exact) mass is 951 g/mol. The van der Waals surface area contributed by atoms with Gasteiger partial charge in [0.05, 0.1) is 0 Å². The van der Waals surface area contributed by atoms with Gasteiger partial charge in [0.2, 0.25) is 0 Å². The molecule has 6 nitrogen and oxygen atoms in total. The van der Waals surface area contributed by atoms with Crippen molar-refractivity contribution >= 4 is 17.9 Å². The molecule has 0 fully saturated rings. The van der Waals surface area contributed by atoms with Crippen LogP contribution in [0.15, 0.2) is 146 Å². The lowest BCUT2D eigenvalue weighted by atomic mass is 10.1. The fraction of sp³-hybridized carbons (Fsp3) is 0.571. The zero-order valence-electron chi connectivity index (χ0n) is 44.0. The molecule has 0 aromatic heterocycles. The number of hydrogen-bond acceptors (Lipinski definition) is 6. The summed E-state index contributed by atoms with van der Waals surface area (Å²) < 4.78 is 16.7. The minimum Gasteiger partial charge on any atom is -0.462 e. The van der Waals surface area contributed by atoms with Crippen LogP contribution in [0.4, 0.5) is 0 Å². The molecule has 0 aromatic carbocycles. The summed E-state index contributed by atoms with van der Waals surface area (Å²) in [5, 5.41) is 0. The molecule has 0 radical (unpaired) electrons. The predicted octanol–water partition coefficient (Wildman–Crippen LogP) is 18.4. The molecule has 1 atom stereocenters. The Balaban J connectivity index is 4.54. The Hall–Kier alpha value is -4.71. The smallest absolute Gasteiger partial charge is 0.306 e. The summed E-state index contributed by atoms with van der Waals surface area (Å²) in [7, 11) is 0. The van der Waals surface area contributed by atoms with Crippen LogP contribution in [0.2, 0.25) is 0 Å². The lowest BCUT2D eigenvalue weighted by Gasteiger charge is -2.18. The first-order chi connectivity index (χ1) is 34.0. The van der Waals surface area contributed by atoms with Gasteiger partial charge in [-0.1, -0.05) is 237 Å². The van der Waals surface area contributed by atoms with E-state index in [9.17, 15) is 14.4 Å². The van der Waals surface area contributed by atoms with Gasteiger partial charge in [0, 0.05) is 19.3 Å². The highest BCUT2D eigenvalue weighted by Gasteiger charge is 2.19. The summed E-state index contributed by atoms with van der Waals surface area (Å²) in [5.74, 6) is -1.04. The van der Waals surface area contributed by atoms with Gasteiger partial charge in [0.1, 0.15) is 13.2 Å². The summed E-state index contributed by atoms with van der Waals surface area (Å²) in [6, 6.07) is 0. The molecule has 0 heterocycles. The molecule has 0 spiro atoms. The Bertz CT molecular complexity index is 1560. The summed E-state index contributed by atoms with van der Waals surface area (Å²) in [5.41, 5.74) is 0. The number of carbonyl (C=O) groups is 3. The van der Waals surface area contributed by atoms with Gasteiger partial charge in [-0.2, -0.15) is 0 Å². The van der Waals surface area contributed by atoms with Gasteiger partial charge < -0.3 is 14.2 Å².